The van der Waals surface area contributed by atoms with E-state index in [1.54, 1.807) is 12.1 Å². The first-order valence-electron chi connectivity index (χ1n) is 7.24. The quantitative estimate of drug-likeness (QED) is 0.794. The van der Waals surface area contributed by atoms with Gasteiger partial charge in [-0.1, -0.05) is 30.7 Å². The van der Waals surface area contributed by atoms with E-state index in [4.69, 9.17) is 11.6 Å². The lowest BCUT2D eigenvalue weighted by atomic mass is 9.94. The van der Waals surface area contributed by atoms with Gasteiger partial charge in [0.1, 0.15) is 5.82 Å². The Morgan fingerprint density at radius 3 is 2.29 bits per heavy atom. The van der Waals surface area contributed by atoms with E-state index in [2.05, 4.69) is 25.2 Å². The second-order valence-corrected chi connectivity index (χ2v) is 5.84. The van der Waals surface area contributed by atoms with Crippen molar-refractivity contribution in [2.24, 2.45) is 0 Å². The highest BCUT2D eigenvalue weighted by molar-refractivity contribution is 6.31. The van der Waals surface area contributed by atoms with Gasteiger partial charge in [0.2, 0.25) is 0 Å². The number of hydrogen-bond donors (Lipinski definition) is 1. The molecule has 0 bridgehead atoms. The van der Waals surface area contributed by atoms with Gasteiger partial charge in [0, 0.05) is 11.1 Å². The number of aryl methyl sites for hydroxylation is 2. The number of halogens is 2. The first kappa shape index (κ1) is 16.0. The van der Waals surface area contributed by atoms with Crippen LogP contribution in [-0.4, -0.2) is 6.54 Å². The maximum absolute atomic E-state index is 13.4. The summed E-state index contributed by atoms with van der Waals surface area (Å²) in [5, 5.41) is 4.10. The Balaban J connectivity index is 2.46. The first-order valence-corrected chi connectivity index (χ1v) is 7.61. The topological polar surface area (TPSA) is 12.0 Å². The molecule has 1 atom stereocenters. The molecule has 112 valence electrons. The van der Waals surface area contributed by atoms with Crippen LogP contribution in [-0.2, 0) is 0 Å². The molecule has 1 nitrogen and oxygen atoms in total. The van der Waals surface area contributed by atoms with Gasteiger partial charge in [-0.25, -0.2) is 4.39 Å². The summed E-state index contributed by atoms with van der Waals surface area (Å²) in [7, 11) is 0. The van der Waals surface area contributed by atoms with Crippen molar-refractivity contribution in [1.82, 2.24) is 5.32 Å². The zero-order valence-electron chi connectivity index (χ0n) is 12.9. The lowest BCUT2D eigenvalue weighted by Gasteiger charge is -2.17. The minimum atomic E-state index is -0.197. The minimum Gasteiger partial charge on any atom is -0.310 e. The van der Waals surface area contributed by atoms with Crippen molar-refractivity contribution < 1.29 is 4.39 Å². The summed E-state index contributed by atoms with van der Waals surface area (Å²) in [4.78, 5) is 0. The Morgan fingerprint density at radius 2 is 1.76 bits per heavy atom. The van der Waals surface area contributed by atoms with Crippen LogP contribution < -0.4 is 5.32 Å². The highest BCUT2D eigenvalue weighted by Crippen LogP contribution is 2.33. The minimum absolute atomic E-state index is 0.197. The molecule has 21 heavy (non-hydrogen) atoms. The zero-order valence-corrected chi connectivity index (χ0v) is 13.7. The highest BCUT2D eigenvalue weighted by atomic mass is 35.5. The third-order valence-electron chi connectivity index (χ3n) is 3.76. The molecule has 0 spiro atoms. The zero-order chi connectivity index (χ0) is 15.6. The van der Waals surface area contributed by atoms with Crippen LogP contribution in [0, 0.1) is 19.7 Å². The molecule has 0 saturated heterocycles. The van der Waals surface area contributed by atoms with Crippen molar-refractivity contribution >= 4 is 11.6 Å². The fraction of sp³-hybridized carbons (Fsp3) is 0.333. The van der Waals surface area contributed by atoms with Crippen LogP contribution >= 0.6 is 11.6 Å². The maximum atomic E-state index is 13.4. The molecule has 2 aromatic rings. The fourth-order valence-electron chi connectivity index (χ4n) is 2.82. The number of rotatable bonds is 4. The van der Waals surface area contributed by atoms with Crippen LogP contribution in [0.4, 0.5) is 4.39 Å². The molecule has 2 rings (SSSR count). The van der Waals surface area contributed by atoms with Gasteiger partial charge in [0.15, 0.2) is 0 Å². The van der Waals surface area contributed by atoms with Gasteiger partial charge in [-0.3, -0.25) is 0 Å². The summed E-state index contributed by atoms with van der Waals surface area (Å²) in [6.07, 6.45) is 0. The fourth-order valence-corrected chi connectivity index (χ4v) is 3.16. The molecule has 0 aliphatic heterocycles. The summed E-state index contributed by atoms with van der Waals surface area (Å²) in [5.41, 5.74) is 5.02. The third-order valence-corrected chi connectivity index (χ3v) is 4.09. The van der Waals surface area contributed by atoms with Crippen LogP contribution in [0.15, 0.2) is 30.3 Å². The van der Waals surface area contributed by atoms with Crippen molar-refractivity contribution in [3.8, 4) is 11.1 Å². The smallest absolute Gasteiger partial charge is 0.123 e. The van der Waals surface area contributed by atoms with E-state index in [1.165, 1.54) is 0 Å². The second-order valence-electron chi connectivity index (χ2n) is 5.43. The maximum Gasteiger partial charge on any atom is 0.123 e. The van der Waals surface area contributed by atoms with Crippen LogP contribution in [0.1, 0.15) is 36.6 Å². The molecular weight excluding hydrogens is 285 g/mol. The van der Waals surface area contributed by atoms with Gasteiger partial charge in [0.25, 0.3) is 0 Å². The molecule has 1 N–H and O–H groups in total. The Morgan fingerprint density at radius 1 is 1.14 bits per heavy atom. The summed E-state index contributed by atoms with van der Waals surface area (Å²) in [5.74, 6) is -0.197. The first-order chi connectivity index (χ1) is 9.93. The summed E-state index contributed by atoms with van der Waals surface area (Å²) < 4.78 is 13.4. The van der Waals surface area contributed by atoms with E-state index in [-0.39, 0.29) is 11.9 Å². The Bertz CT molecular complexity index is 629. The van der Waals surface area contributed by atoms with E-state index in [9.17, 15) is 4.39 Å². The molecule has 1 unspecified atom stereocenters. The van der Waals surface area contributed by atoms with Crippen LogP contribution in [0.2, 0.25) is 5.02 Å². The van der Waals surface area contributed by atoms with E-state index in [0.29, 0.717) is 0 Å². The molecule has 0 aromatic heterocycles. The Kier molecular flexibility index (Phi) is 5.02. The number of nitrogens with one attached hydrogen (secondary N) is 1. The highest BCUT2D eigenvalue weighted by Gasteiger charge is 2.12. The average Bonchev–Trinajstić information content (AvgIpc) is 2.37. The lowest BCUT2D eigenvalue weighted by molar-refractivity contribution is 0.598. The largest absolute Gasteiger partial charge is 0.310 e. The van der Waals surface area contributed by atoms with E-state index < -0.39 is 0 Å². The van der Waals surface area contributed by atoms with Crippen molar-refractivity contribution in [3.05, 3.63) is 57.9 Å². The van der Waals surface area contributed by atoms with Crippen molar-refractivity contribution in [2.45, 2.75) is 33.7 Å². The molecule has 0 heterocycles. The van der Waals surface area contributed by atoms with Gasteiger partial charge in [-0.2, -0.15) is 0 Å². The number of hydrogen-bond acceptors (Lipinski definition) is 1. The SMILES string of the molecule is CCNC(C)c1ccc(-c2c(C)cc(F)cc2C)cc1Cl. The molecule has 0 aliphatic rings. The molecule has 2 aromatic carbocycles. The Labute approximate surface area is 131 Å². The molecule has 0 fully saturated rings. The van der Waals surface area contributed by atoms with Gasteiger partial charge < -0.3 is 5.32 Å². The predicted molar refractivity (Wildman–Crippen MR) is 88.4 cm³/mol. The van der Waals surface area contributed by atoms with Gasteiger partial charge in [-0.05, 0) is 73.3 Å². The normalized spacial score (nSPS) is 12.5. The standard InChI is InChI=1S/C18H21ClFN/c1-5-21-13(4)16-7-6-14(10-17(16)19)18-11(2)8-15(20)9-12(18)3/h6-10,13,21H,5H2,1-4H3. The van der Waals surface area contributed by atoms with Crippen molar-refractivity contribution in [1.29, 1.82) is 0 Å². The molecule has 0 amide bonds. The van der Waals surface area contributed by atoms with Crippen molar-refractivity contribution in [2.75, 3.05) is 6.54 Å². The van der Waals surface area contributed by atoms with Crippen LogP contribution in [0.3, 0.4) is 0 Å². The predicted octanol–water partition coefficient (Wildman–Crippen LogP) is 5.43. The van der Waals surface area contributed by atoms with Crippen LogP contribution in [0.25, 0.3) is 11.1 Å². The molecule has 0 aliphatic carbocycles. The molecule has 3 heteroatoms. The van der Waals surface area contributed by atoms with E-state index in [0.717, 1.165) is 39.4 Å². The van der Waals surface area contributed by atoms with E-state index >= 15 is 0 Å². The summed E-state index contributed by atoms with van der Waals surface area (Å²) in [6, 6.07) is 9.41. The van der Waals surface area contributed by atoms with Crippen molar-refractivity contribution in [3.63, 3.8) is 0 Å². The monoisotopic (exact) mass is 305 g/mol. The van der Waals surface area contributed by atoms with Gasteiger partial charge in [0.05, 0.1) is 0 Å². The van der Waals surface area contributed by atoms with Gasteiger partial charge >= 0.3 is 0 Å². The Hall–Kier alpha value is -1.38. The van der Waals surface area contributed by atoms with Crippen LogP contribution in [0.5, 0.6) is 0 Å². The summed E-state index contributed by atoms with van der Waals surface area (Å²) in [6.45, 7) is 8.92. The second kappa shape index (κ2) is 6.59. The molecule has 0 saturated carbocycles. The average molecular weight is 306 g/mol. The summed E-state index contributed by atoms with van der Waals surface area (Å²) >= 11 is 6.43. The lowest BCUT2D eigenvalue weighted by Crippen LogP contribution is -2.17. The van der Waals surface area contributed by atoms with Gasteiger partial charge in [-0.15, -0.1) is 0 Å². The number of benzene rings is 2. The molecular formula is C18H21ClFN. The van der Waals surface area contributed by atoms with E-state index in [1.807, 2.05) is 26.0 Å². The third kappa shape index (κ3) is 3.45. The molecule has 0 radical (unpaired) electrons.